The number of allylic oxidation sites excluding steroid dienone is 4. The highest BCUT2D eigenvalue weighted by atomic mass is 16.3. The van der Waals surface area contributed by atoms with Crippen LogP contribution in [0, 0.1) is 48.3 Å². The summed E-state index contributed by atoms with van der Waals surface area (Å²) in [6, 6.07) is 3.91. The summed E-state index contributed by atoms with van der Waals surface area (Å²) >= 11 is 0. The van der Waals surface area contributed by atoms with Gasteiger partial charge in [-0.3, -0.25) is 9.59 Å². The van der Waals surface area contributed by atoms with Crippen LogP contribution in [0.4, 0.5) is 0 Å². The first-order valence-corrected chi connectivity index (χ1v) is 13.7. The van der Waals surface area contributed by atoms with Gasteiger partial charge in [0.2, 0.25) is 0 Å². The van der Waals surface area contributed by atoms with E-state index in [2.05, 4.69) is 26.8 Å². The fraction of sp³-hybridized carbons (Fsp3) is 0.677. The van der Waals surface area contributed by atoms with E-state index >= 15 is 0 Å². The number of carbonyl (C=O) groups is 2. The van der Waals surface area contributed by atoms with E-state index < -0.39 is 0 Å². The summed E-state index contributed by atoms with van der Waals surface area (Å²) in [4.78, 5) is 24.8. The highest BCUT2D eigenvalue weighted by Gasteiger charge is 2.70. The van der Waals surface area contributed by atoms with Crippen molar-refractivity contribution in [2.75, 3.05) is 0 Å². The van der Waals surface area contributed by atoms with E-state index in [4.69, 9.17) is 4.42 Å². The van der Waals surface area contributed by atoms with Crippen LogP contribution in [-0.4, -0.2) is 11.6 Å². The minimum absolute atomic E-state index is 0.102. The van der Waals surface area contributed by atoms with Crippen molar-refractivity contribution in [3.05, 3.63) is 47.0 Å². The molecule has 0 radical (unpaired) electrons. The molecule has 1 aromatic rings. The summed E-state index contributed by atoms with van der Waals surface area (Å²) in [7, 11) is 0. The molecule has 0 N–H and O–H groups in total. The lowest BCUT2D eigenvalue weighted by Gasteiger charge is -2.52. The second-order valence-corrected chi connectivity index (χ2v) is 11.5. The first kappa shape index (κ1) is 25.2. The van der Waals surface area contributed by atoms with Crippen molar-refractivity contribution >= 4 is 11.6 Å². The van der Waals surface area contributed by atoms with Crippen molar-refractivity contribution in [3.63, 3.8) is 0 Å². The molecule has 1 aromatic heterocycles. The third kappa shape index (κ3) is 4.07. The lowest BCUT2D eigenvalue weighted by molar-refractivity contribution is -0.121. The molecule has 6 unspecified atom stereocenters. The van der Waals surface area contributed by atoms with E-state index in [1.165, 1.54) is 24.8 Å². The molecule has 6 atom stereocenters. The van der Waals surface area contributed by atoms with Crippen LogP contribution < -0.4 is 0 Å². The second-order valence-electron chi connectivity index (χ2n) is 11.5. The van der Waals surface area contributed by atoms with E-state index in [0.717, 1.165) is 37.2 Å². The van der Waals surface area contributed by atoms with Gasteiger partial charge in [-0.1, -0.05) is 57.8 Å². The Hall–Kier alpha value is -1.90. The lowest BCUT2D eigenvalue weighted by atomic mass is 9.52. The molecule has 34 heavy (non-hydrogen) atoms. The molecule has 186 valence electrons. The number of rotatable bonds is 5. The zero-order chi connectivity index (χ0) is 24.7. The molecule has 0 saturated heterocycles. The molecule has 0 aromatic carbocycles. The minimum Gasteiger partial charge on any atom is -0.467 e. The van der Waals surface area contributed by atoms with Crippen LogP contribution in [0.1, 0.15) is 97.0 Å². The number of Topliss-reactive ketones (excluding diaryl/α,β-unsaturated/α-hetero) is 1. The summed E-state index contributed by atoms with van der Waals surface area (Å²) < 4.78 is 5.08. The Balaban J connectivity index is 0.000000336. The summed E-state index contributed by atoms with van der Waals surface area (Å²) in [6.45, 7) is 12.9. The van der Waals surface area contributed by atoms with Gasteiger partial charge in [0.15, 0.2) is 5.78 Å². The van der Waals surface area contributed by atoms with Gasteiger partial charge >= 0.3 is 0 Å². The number of fused-ring (bicyclic) bond motifs is 3. The van der Waals surface area contributed by atoms with Crippen LogP contribution in [0.25, 0.3) is 0 Å². The Labute approximate surface area is 206 Å². The average Bonchev–Trinajstić information content (AvgIpc) is 3.30. The number of aryl methyl sites for hydroxylation is 2. The van der Waals surface area contributed by atoms with E-state index in [9.17, 15) is 9.59 Å². The maximum absolute atomic E-state index is 12.8. The number of hydrogen-bond donors (Lipinski definition) is 0. The van der Waals surface area contributed by atoms with Crippen molar-refractivity contribution in [2.45, 2.75) is 99.3 Å². The molecule has 2 saturated carbocycles. The highest BCUT2D eigenvalue weighted by molar-refractivity contribution is 5.92. The monoisotopic (exact) mass is 464 g/mol. The minimum atomic E-state index is 0.102. The molecular weight excluding hydrogens is 420 g/mol. The van der Waals surface area contributed by atoms with Crippen molar-refractivity contribution in [1.29, 1.82) is 0 Å². The van der Waals surface area contributed by atoms with Crippen LogP contribution in [-0.2, 0) is 9.59 Å². The summed E-state index contributed by atoms with van der Waals surface area (Å²) in [5.74, 6) is 4.97. The van der Waals surface area contributed by atoms with Crippen LogP contribution in [0.5, 0.6) is 0 Å². The fourth-order valence-corrected chi connectivity index (χ4v) is 8.14. The normalized spacial score (nSPS) is 36.0. The Kier molecular flexibility index (Phi) is 7.14. The highest BCUT2D eigenvalue weighted by Crippen LogP contribution is 2.74. The molecule has 4 aliphatic carbocycles. The molecule has 1 spiro atoms. The third-order valence-corrected chi connectivity index (χ3v) is 9.70. The van der Waals surface area contributed by atoms with Crippen LogP contribution in [0.15, 0.2) is 39.8 Å². The molecule has 4 aliphatic rings. The molecule has 0 aliphatic heterocycles. The molecule has 0 amide bonds. The van der Waals surface area contributed by atoms with Gasteiger partial charge in [-0.2, -0.15) is 0 Å². The van der Waals surface area contributed by atoms with Crippen molar-refractivity contribution in [2.24, 2.45) is 34.5 Å². The van der Waals surface area contributed by atoms with Gasteiger partial charge in [0.25, 0.3) is 0 Å². The van der Waals surface area contributed by atoms with Gasteiger partial charge in [0.1, 0.15) is 17.3 Å². The van der Waals surface area contributed by atoms with E-state index in [0.29, 0.717) is 48.1 Å². The van der Waals surface area contributed by atoms with Gasteiger partial charge in [-0.25, -0.2) is 0 Å². The van der Waals surface area contributed by atoms with Crippen LogP contribution in [0.2, 0.25) is 0 Å². The summed E-state index contributed by atoms with van der Waals surface area (Å²) in [5.41, 5.74) is 3.36. The smallest absolute Gasteiger partial charge is 0.155 e. The quantitative estimate of drug-likeness (QED) is 0.415. The maximum Gasteiger partial charge on any atom is 0.155 e. The Morgan fingerprint density at radius 1 is 1.09 bits per heavy atom. The van der Waals surface area contributed by atoms with Gasteiger partial charge in [0.05, 0.1) is 0 Å². The largest absolute Gasteiger partial charge is 0.467 e. The molecule has 3 nitrogen and oxygen atoms in total. The van der Waals surface area contributed by atoms with E-state index in [-0.39, 0.29) is 10.8 Å². The van der Waals surface area contributed by atoms with Crippen molar-refractivity contribution in [3.8, 4) is 0 Å². The molecule has 0 bridgehead atoms. The number of carbonyl (C=O) groups excluding carboxylic acids is 2. The molecule has 1 heterocycles. The van der Waals surface area contributed by atoms with E-state index in [1.807, 2.05) is 39.0 Å². The molecule has 3 heteroatoms. The number of hydrogen-bond acceptors (Lipinski definition) is 3. The predicted molar refractivity (Wildman–Crippen MR) is 137 cm³/mol. The van der Waals surface area contributed by atoms with Gasteiger partial charge in [-0.05, 0) is 87.3 Å². The zero-order valence-corrected chi connectivity index (χ0v) is 22.2. The predicted octanol–water partition coefficient (Wildman–Crippen LogP) is 7.96. The first-order chi connectivity index (χ1) is 16.2. The Bertz CT molecular complexity index is 978. The lowest BCUT2D eigenvalue weighted by Crippen LogP contribution is -2.43. The molecule has 5 rings (SSSR count). The number of ketones is 2. The van der Waals surface area contributed by atoms with Crippen LogP contribution in [0.3, 0.4) is 0 Å². The van der Waals surface area contributed by atoms with Crippen molar-refractivity contribution in [1.82, 2.24) is 0 Å². The maximum atomic E-state index is 12.8. The van der Waals surface area contributed by atoms with Crippen LogP contribution >= 0.6 is 0 Å². The Morgan fingerprint density at radius 3 is 2.35 bits per heavy atom. The Morgan fingerprint density at radius 2 is 1.79 bits per heavy atom. The summed E-state index contributed by atoms with van der Waals surface area (Å²) in [6.07, 6.45) is 13.8. The average molecular weight is 465 g/mol. The second kappa shape index (κ2) is 9.63. The van der Waals surface area contributed by atoms with E-state index in [1.54, 1.807) is 5.57 Å². The zero-order valence-electron chi connectivity index (χ0n) is 22.2. The third-order valence-electron chi connectivity index (χ3n) is 9.70. The molecular formula is C31H44O3. The van der Waals surface area contributed by atoms with Gasteiger partial charge in [-0.15, -0.1) is 0 Å². The summed E-state index contributed by atoms with van der Waals surface area (Å²) in [5, 5.41) is 0. The standard InChI is InChI=1S/C25H36O2.C6H8O/c1-5-8-21-18-10-9-16-15-17(26)11-13-24(16,4)20(18)12-14-25(21)19(6-2)23(25)22(27)7-3;1-5-3-4-6(2)7-5/h12,15,18-19,21,23H,5-11,13-14H2,1-4H3;3-4H,1-2H3. The van der Waals surface area contributed by atoms with Gasteiger partial charge < -0.3 is 4.42 Å². The first-order valence-electron chi connectivity index (χ1n) is 13.7. The van der Waals surface area contributed by atoms with Crippen molar-refractivity contribution < 1.29 is 14.0 Å². The fourth-order valence-electron chi connectivity index (χ4n) is 8.14. The number of furan rings is 1. The molecule has 2 fully saturated rings. The topological polar surface area (TPSA) is 47.3 Å². The SMILES string of the molecule is CCCC1C2CCC3=CC(=O)CCC3(C)C2=CCC12C(CC)C2C(=O)CC.Cc1ccc(C)o1. The van der Waals surface area contributed by atoms with Gasteiger partial charge in [0, 0.05) is 24.2 Å².